The Hall–Kier alpha value is -0.920. The van der Waals surface area contributed by atoms with E-state index in [1.807, 2.05) is 0 Å². The van der Waals surface area contributed by atoms with Gasteiger partial charge in [-0.1, -0.05) is 18.6 Å². The zero-order valence-electron chi connectivity index (χ0n) is 10.1. The summed E-state index contributed by atoms with van der Waals surface area (Å²) in [5.74, 6) is 1.82. The molecule has 0 aromatic rings. The molecule has 16 heavy (non-hydrogen) atoms. The molecule has 0 amide bonds. The van der Waals surface area contributed by atoms with Gasteiger partial charge in [0.2, 0.25) is 0 Å². The molecule has 0 aliphatic heterocycles. The first-order valence-electron chi connectivity index (χ1n) is 6.29. The van der Waals surface area contributed by atoms with Crippen LogP contribution in [0.4, 0.5) is 0 Å². The molecule has 0 radical (unpaired) electrons. The number of hydrogen-bond acceptors (Lipinski definition) is 2. The fourth-order valence-electron chi connectivity index (χ4n) is 3.35. The van der Waals surface area contributed by atoms with Crippen molar-refractivity contribution in [1.29, 1.82) is 0 Å². The number of hydrogen-bond donors (Lipinski definition) is 0. The summed E-state index contributed by atoms with van der Waals surface area (Å²) in [5.41, 5.74) is 0. The second-order valence-corrected chi connectivity index (χ2v) is 5.31. The van der Waals surface area contributed by atoms with Gasteiger partial charge in [0.1, 0.15) is 11.6 Å². The highest BCUT2D eigenvalue weighted by atomic mass is 16.1. The van der Waals surface area contributed by atoms with Crippen molar-refractivity contribution in [3.63, 3.8) is 0 Å². The van der Waals surface area contributed by atoms with Crippen LogP contribution in [0.2, 0.25) is 0 Å². The van der Waals surface area contributed by atoms with Gasteiger partial charge in [0.05, 0.1) is 0 Å². The lowest BCUT2D eigenvalue weighted by atomic mass is 9.75. The van der Waals surface area contributed by atoms with Crippen LogP contribution in [0.25, 0.3) is 0 Å². The zero-order valence-corrected chi connectivity index (χ0v) is 10.1. The summed E-state index contributed by atoms with van der Waals surface area (Å²) < 4.78 is 0. The first kappa shape index (κ1) is 11.6. The summed E-state index contributed by atoms with van der Waals surface area (Å²) in [6, 6.07) is 0. The summed E-state index contributed by atoms with van der Waals surface area (Å²) in [6.07, 6.45) is 8.30. The molecule has 0 unspecified atom stereocenters. The second-order valence-electron chi connectivity index (χ2n) is 5.31. The maximum absolute atomic E-state index is 11.6. The molecule has 0 aromatic heterocycles. The molecule has 2 heteroatoms. The molecule has 2 aliphatic carbocycles. The number of carbonyl (C=O) groups is 2. The Morgan fingerprint density at radius 3 is 1.75 bits per heavy atom. The average molecular weight is 220 g/mol. The first-order valence-corrected chi connectivity index (χ1v) is 6.29. The Morgan fingerprint density at radius 2 is 1.38 bits per heavy atom. The van der Waals surface area contributed by atoms with Crippen LogP contribution in [-0.2, 0) is 9.59 Å². The third kappa shape index (κ3) is 2.11. The monoisotopic (exact) mass is 220 g/mol. The smallest absolute Gasteiger partial charge is 0.133 e. The van der Waals surface area contributed by atoms with Gasteiger partial charge in [-0.15, -0.1) is 0 Å². The molecule has 1 fully saturated rings. The summed E-state index contributed by atoms with van der Waals surface area (Å²) in [4.78, 5) is 23.1. The molecule has 2 nitrogen and oxygen atoms in total. The molecular formula is C14H20O2. The Labute approximate surface area is 97.1 Å². The minimum Gasteiger partial charge on any atom is -0.300 e. The van der Waals surface area contributed by atoms with Crippen LogP contribution in [0.15, 0.2) is 12.2 Å². The van der Waals surface area contributed by atoms with E-state index in [0.717, 1.165) is 25.7 Å². The molecule has 2 bridgehead atoms. The third-order valence-corrected chi connectivity index (χ3v) is 4.26. The van der Waals surface area contributed by atoms with Crippen molar-refractivity contribution in [2.75, 3.05) is 0 Å². The number of ketones is 2. The number of Topliss-reactive ketones (excluding diaryl/α,β-unsaturated/α-hetero) is 2. The second kappa shape index (κ2) is 4.52. The minimum atomic E-state index is 0.203. The van der Waals surface area contributed by atoms with Crippen LogP contribution in [0, 0.1) is 23.7 Å². The van der Waals surface area contributed by atoms with Gasteiger partial charge in [-0.25, -0.2) is 0 Å². The molecule has 0 saturated heterocycles. The topological polar surface area (TPSA) is 34.1 Å². The maximum Gasteiger partial charge on any atom is 0.133 e. The minimum absolute atomic E-state index is 0.203. The number of rotatable bonds is 2. The van der Waals surface area contributed by atoms with Gasteiger partial charge < -0.3 is 0 Å². The van der Waals surface area contributed by atoms with Crippen molar-refractivity contribution >= 4 is 11.6 Å². The fourth-order valence-corrected chi connectivity index (χ4v) is 3.35. The van der Waals surface area contributed by atoms with E-state index in [-0.39, 0.29) is 11.8 Å². The van der Waals surface area contributed by atoms with E-state index in [1.54, 1.807) is 13.8 Å². The van der Waals surface area contributed by atoms with E-state index in [2.05, 4.69) is 12.2 Å². The van der Waals surface area contributed by atoms with Crippen molar-refractivity contribution in [2.24, 2.45) is 23.7 Å². The molecule has 0 spiro atoms. The molecule has 4 atom stereocenters. The van der Waals surface area contributed by atoms with Gasteiger partial charge in [-0.2, -0.15) is 0 Å². The summed E-state index contributed by atoms with van der Waals surface area (Å²) in [7, 11) is 0. The molecular weight excluding hydrogens is 200 g/mol. The Balaban J connectivity index is 2.14. The normalized spacial score (nSPS) is 37.9. The van der Waals surface area contributed by atoms with E-state index in [4.69, 9.17) is 0 Å². The number of allylic oxidation sites excluding steroid dienone is 2. The molecule has 0 aromatic carbocycles. The largest absolute Gasteiger partial charge is 0.300 e. The Kier molecular flexibility index (Phi) is 3.27. The van der Waals surface area contributed by atoms with Crippen LogP contribution >= 0.6 is 0 Å². The molecule has 1 saturated carbocycles. The van der Waals surface area contributed by atoms with Gasteiger partial charge in [0.25, 0.3) is 0 Å². The van der Waals surface area contributed by atoms with Crippen LogP contribution < -0.4 is 0 Å². The van der Waals surface area contributed by atoms with Gasteiger partial charge in [0, 0.05) is 11.8 Å². The quantitative estimate of drug-likeness (QED) is 0.671. The Morgan fingerprint density at radius 1 is 0.938 bits per heavy atom. The summed E-state index contributed by atoms with van der Waals surface area (Å²) in [6.45, 7) is 3.41. The van der Waals surface area contributed by atoms with Gasteiger partial charge in [0.15, 0.2) is 0 Å². The molecule has 0 N–H and O–H groups in total. The fraction of sp³-hybridized carbons (Fsp3) is 0.714. The summed E-state index contributed by atoms with van der Waals surface area (Å²) in [5, 5.41) is 0. The van der Waals surface area contributed by atoms with Gasteiger partial charge in [-0.05, 0) is 44.9 Å². The zero-order chi connectivity index (χ0) is 11.7. The van der Waals surface area contributed by atoms with Crippen molar-refractivity contribution in [1.82, 2.24) is 0 Å². The van der Waals surface area contributed by atoms with Crippen molar-refractivity contribution in [3.05, 3.63) is 12.2 Å². The van der Waals surface area contributed by atoms with Crippen LogP contribution in [0.5, 0.6) is 0 Å². The standard InChI is InChI=1S/C14H20O2/c1-9(15)13-4-3-5-14(10(2)16)12-7-6-11(13)8-12/h6-7,11-14H,3-5,8H2,1-2H3/t11-,12+,13-,14+. The van der Waals surface area contributed by atoms with E-state index in [0.29, 0.717) is 23.4 Å². The van der Waals surface area contributed by atoms with Gasteiger partial charge in [-0.3, -0.25) is 9.59 Å². The van der Waals surface area contributed by atoms with Crippen LogP contribution in [-0.4, -0.2) is 11.6 Å². The predicted octanol–water partition coefficient (Wildman–Crippen LogP) is 2.77. The van der Waals surface area contributed by atoms with Crippen molar-refractivity contribution < 1.29 is 9.59 Å². The lowest BCUT2D eigenvalue weighted by Crippen LogP contribution is -2.27. The van der Waals surface area contributed by atoms with E-state index >= 15 is 0 Å². The SMILES string of the molecule is CC(=O)[C@H]1CCC[C@@H](C(C)=O)[C@H]2C=C[C@@H]1C2. The first-order chi connectivity index (χ1) is 7.59. The highest BCUT2D eigenvalue weighted by Crippen LogP contribution is 2.40. The third-order valence-electron chi connectivity index (χ3n) is 4.26. The molecule has 0 heterocycles. The number of carbonyl (C=O) groups excluding carboxylic acids is 2. The average Bonchev–Trinajstić information content (AvgIpc) is 2.63. The predicted molar refractivity (Wildman–Crippen MR) is 62.9 cm³/mol. The molecule has 2 aliphatic rings. The Bertz CT molecular complexity index is 300. The lowest BCUT2D eigenvalue weighted by molar-refractivity contribution is -0.123. The van der Waals surface area contributed by atoms with Crippen LogP contribution in [0.3, 0.4) is 0 Å². The van der Waals surface area contributed by atoms with Crippen LogP contribution in [0.1, 0.15) is 39.5 Å². The van der Waals surface area contributed by atoms with Crippen molar-refractivity contribution in [3.8, 4) is 0 Å². The maximum atomic E-state index is 11.6. The van der Waals surface area contributed by atoms with E-state index in [1.165, 1.54) is 0 Å². The van der Waals surface area contributed by atoms with E-state index in [9.17, 15) is 9.59 Å². The highest BCUT2D eigenvalue weighted by molar-refractivity contribution is 5.80. The highest BCUT2D eigenvalue weighted by Gasteiger charge is 2.36. The van der Waals surface area contributed by atoms with Gasteiger partial charge >= 0.3 is 0 Å². The molecule has 2 rings (SSSR count). The van der Waals surface area contributed by atoms with E-state index < -0.39 is 0 Å². The number of fused-ring (bicyclic) bond motifs is 2. The molecule has 88 valence electrons. The lowest BCUT2D eigenvalue weighted by Gasteiger charge is -2.28. The van der Waals surface area contributed by atoms with Crippen molar-refractivity contribution in [2.45, 2.75) is 39.5 Å². The summed E-state index contributed by atoms with van der Waals surface area (Å²) >= 11 is 0.